The molecule has 1 aliphatic rings. The molecule has 4 rings (SSSR count). The summed E-state index contributed by atoms with van der Waals surface area (Å²) in [7, 11) is 0. The van der Waals surface area contributed by atoms with Crippen LogP contribution in [0.3, 0.4) is 0 Å². The molecule has 3 heterocycles. The first-order valence-corrected chi connectivity index (χ1v) is 9.54. The zero-order valence-electron chi connectivity index (χ0n) is 15.8. The third kappa shape index (κ3) is 4.03. The van der Waals surface area contributed by atoms with Crippen LogP contribution in [0.4, 0.5) is 0 Å². The van der Waals surface area contributed by atoms with Gasteiger partial charge in [0.2, 0.25) is 5.56 Å². The van der Waals surface area contributed by atoms with Crippen LogP contribution >= 0.6 is 0 Å². The average Bonchev–Trinajstić information content (AvgIpc) is 3.16. The predicted molar refractivity (Wildman–Crippen MR) is 106 cm³/mol. The Hall–Kier alpha value is -3.22. The lowest BCUT2D eigenvalue weighted by atomic mass is 9.97. The van der Waals surface area contributed by atoms with E-state index in [4.69, 9.17) is 0 Å². The molecule has 1 aliphatic heterocycles. The van der Waals surface area contributed by atoms with Crippen molar-refractivity contribution in [1.82, 2.24) is 24.9 Å². The maximum Gasteiger partial charge on any atom is 0.254 e. The molecule has 0 unspecified atom stereocenters. The number of aromatic amines is 1. The number of aromatic nitrogens is 4. The second-order valence-electron chi connectivity index (χ2n) is 7.37. The van der Waals surface area contributed by atoms with Crippen molar-refractivity contribution in [3.8, 4) is 11.3 Å². The van der Waals surface area contributed by atoms with Crippen LogP contribution in [0.15, 0.2) is 53.5 Å². The molecule has 1 aromatic carbocycles. The molecule has 0 saturated carbocycles. The van der Waals surface area contributed by atoms with E-state index in [1.54, 1.807) is 13.0 Å². The maximum atomic E-state index is 12.8. The van der Waals surface area contributed by atoms with Crippen LogP contribution in [0.25, 0.3) is 11.3 Å². The second kappa shape index (κ2) is 7.80. The van der Waals surface area contributed by atoms with Crippen LogP contribution in [0.1, 0.15) is 28.9 Å². The van der Waals surface area contributed by atoms with Gasteiger partial charge in [-0.1, -0.05) is 35.5 Å². The summed E-state index contributed by atoms with van der Waals surface area (Å²) in [6.45, 7) is 3.88. The molecule has 0 spiro atoms. The monoisotopic (exact) mass is 377 g/mol. The van der Waals surface area contributed by atoms with Gasteiger partial charge in [-0.2, -0.15) is 0 Å². The van der Waals surface area contributed by atoms with Crippen LogP contribution in [0.5, 0.6) is 0 Å². The molecule has 1 saturated heterocycles. The summed E-state index contributed by atoms with van der Waals surface area (Å²) in [5, 5.41) is 8.52. The minimum Gasteiger partial charge on any atom is -0.338 e. The van der Waals surface area contributed by atoms with Gasteiger partial charge in [-0.15, -0.1) is 5.10 Å². The molecule has 1 fully saturated rings. The largest absolute Gasteiger partial charge is 0.338 e. The molecule has 0 aliphatic carbocycles. The Kier molecular flexibility index (Phi) is 5.06. The van der Waals surface area contributed by atoms with E-state index in [1.807, 2.05) is 46.1 Å². The number of hydrogen-bond acceptors (Lipinski definition) is 4. The minimum atomic E-state index is -0.243. The molecule has 2 aromatic heterocycles. The lowest BCUT2D eigenvalue weighted by molar-refractivity contribution is 0.0659. The number of nitrogens with one attached hydrogen (secondary N) is 1. The fourth-order valence-corrected chi connectivity index (χ4v) is 3.78. The highest BCUT2D eigenvalue weighted by molar-refractivity contribution is 5.94. The zero-order chi connectivity index (χ0) is 19.5. The summed E-state index contributed by atoms with van der Waals surface area (Å²) in [4.78, 5) is 29.0. The number of H-pyrrole nitrogens is 1. The third-order valence-corrected chi connectivity index (χ3v) is 5.09. The van der Waals surface area contributed by atoms with Gasteiger partial charge in [0.15, 0.2) is 0 Å². The van der Waals surface area contributed by atoms with E-state index in [0.717, 1.165) is 30.6 Å². The number of amides is 1. The lowest BCUT2D eigenvalue weighted by Crippen LogP contribution is -2.41. The molecular formula is C21H23N5O2. The van der Waals surface area contributed by atoms with Crippen LogP contribution in [0.2, 0.25) is 0 Å². The van der Waals surface area contributed by atoms with Crippen molar-refractivity contribution in [3.63, 3.8) is 0 Å². The van der Waals surface area contributed by atoms with Crippen molar-refractivity contribution in [2.45, 2.75) is 26.3 Å². The molecule has 1 amide bonds. The Bertz CT molecular complexity index is 1020. The number of carbonyl (C=O) groups excluding carboxylic acids is 1. The van der Waals surface area contributed by atoms with Gasteiger partial charge >= 0.3 is 0 Å². The number of carbonyl (C=O) groups is 1. The van der Waals surface area contributed by atoms with E-state index >= 15 is 0 Å². The van der Waals surface area contributed by atoms with E-state index in [2.05, 4.69) is 15.3 Å². The fraction of sp³-hybridized carbons (Fsp3) is 0.333. The Morgan fingerprint density at radius 2 is 2.07 bits per heavy atom. The standard InChI is InChI=1S/C21H23N5O2/c1-15-10-18(11-20(27)22-15)21(28)25-9-5-6-16(12-25)13-26-14-19(23-24-26)17-7-3-2-4-8-17/h2-4,7-8,10-11,14,16H,5-6,9,12-13H2,1H3,(H,22,27)/t16-/m0/s1. The summed E-state index contributed by atoms with van der Waals surface area (Å²) in [5.41, 5.74) is 2.80. The Labute approximate surface area is 163 Å². The quantitative estimate of drug-likeness (QED) is 0.757. The van der Waals surface area contributed by atoms with Gasteiger partial charge < -0.3 is 9.88 Å². The van der Waals surface area contributed by atoms with Gasteiger partial charge in [-0.05, 0) is 31.7 Å². The number of piperidine rings is 1. The van der Waals surface area contributed by atoms with Gasteiger partial charge in [0.05, 0.1) is 6.20 Å². The van der Waals surface area contributed by atoms with Gasteiger partial charge in [0.25, 0.3) is 5.91 Å². The van der Waals surface area contributed by atoms with Crippen molar-refractivity contribution in [2.24, 2.45) is 5.92 Å². The highest BCUT2D eigenvalue weighted by Crippen LogP contribution is 2.21. The molecule has 7 heteroatoms. The predicted octanol–water partition coefficient (Wildman–Crippen LogP) is 2.49. The summed E-state index contributed by atoms with van der Waals surface area (Å²) in [6, 6.07) is 13.1. The number of aryl methyl sites for hydroxylation is 1. The van der Waals surface area contributed by atoms with Crippen molar-refractivity contribution in [1.29, 1.82) is 0 Å². The number of rotatable bonds is 4. The second-order valence-corrected chi connectivity index (χ2v) is 7.37. The van der Waals surface area contributed by atoms with Crippen molar-refractivity contribution in [2.75, 3.05) is 13.1 Å². The lowest BCUT2D eigenvalue weighted by Gasteiger charge is -2.32. The molecule has 1 N–H and O–H groups in total. The summed E-state index contributed by atoms with van der Waals surface area (Å²) >= 11 is 0. The Morgan fingerprint density at radius 3 is 2.86 bits per heavy atom. The van der Waals surface area contributed by atoms with Gasteiger partial charge in [-0.25, -0.2) is 0 Å². The van der Waals surface area contributed by atoms with E-state index in [1.165, 1.54) is 6.07 Å². The number of pyridine rings is 1. The first-order chi connectivity index (χ1) is 13.6. The number of nitrogens with zero attached hydrogens (tertiary/aromatic N) is 4. The average molecular weight is 377 g/mol. The van der Waals surface area contributed by atoms with E-state index in [-0.39, 0.29) is 11.5 Å². The molecule has 28 heavy (non-hydrogen) atoms. The van der Waals surface area contributed by atoms with Crippen molar-refractivity contribution >= 4 is 5.91 Å². The summed E-state index contributed by atoms with van der Waals surface area (Å²) < 4.78 is 1.86. The van der Waals surface area contributed by atoms with Gasteiger partial charge in [-0.3, -0.25) is 14.3 Å². The Morgan fingerprint density at radius 1 is 1.25 bits per heavy atom. The summed E-state index contributed by atoms with van der Waals surface area (Å²) in [6.07, 6.45) is 3.94. The fourth-order valence-electron chi connectivity index (χ4n) is 3.78. The van der Waals surface area contributed by atoms with E-state index in [0.29, 0.717) is 30.3 Å². The number of likely N-dealkylation sites (tertiary alicyclic amines) is 1. The zero-order valence-corrected chi connectivity index (χ0v) is 15.8. The highest BCUT2D eigenvalue weighted by Gasteiger charge is 2.25. The van der Waals surface area contributed by atoms with Gasteiger partial charge in [0, 0.05) is 42.5 Å². The minimum absolute atomic E-state index is 0.0811. The topological polar surface area (TPSA) is 83.9 Å². The normalized spacial score (nSPS) is 16.9. The van der Waals surface area contributed by atoms with Crippen LogP contribution in [-0.2, 0) is 6.54 Å². The number of benzene rings is 1. The van der Waals surface area contributed by atoms with Crippen LogP contribution < -0.4 is 5.56 Å². The molecule has 7 nitrogen and oxygen atoms in total. The molecule has 0 radical (unpaired) electrons. The molecular weight excluding hydrogens is 354 g/mol. The molecule has 3 aromatic rings. The van der Waals surface area contributed by atoms with E-state index in [9.17, 15) is 9.59 Å². The number of hydrogen-bond donors (Lipinski definition) is 1. The first-order valence-electron chi connectivity index (χ1n) is 9.54. The summed E-state index contributed by atoms with van der Waals surface area (Å²) in [5.74, 6) is 0.230. The van der Waals surface area contributed by atoms with Crippen molar-refractivity contribution in [3.05, 3.63) is 70.3 Å². The van der Waals surface area contributed by atoms with E-state index < -0.39 is 0 Å². The van der Waals surface area contributed by atoms with Crippen LogP contribution in [-0.4, -0.2) is 43.9 Å². The Balaban J connectivity index is 1.43. The van der Waals surface area contributed by atoms with Crippen molar-refractivity contribution < 1.29 is 4.79 Å². The maximum absolute atomic E-state index is 12.8. The first kappa shape index (κ1) is 18.2. The molecule has 0 bridgehead atoms. The van der Waals surface area contributed by atoms with Gasteiger partial charge in [0.1, 0.15) is 5.69 Å². The molecule has 1 atom stereocenters. The van der Waals surface area contributed by atoms with Crippen LogP contribution in [0, 0.1) is 12.8 Å². The highest BCUT2D eigenvalue weighted by atomic mass is 16.2. The SMILES string of the molecule is Cc1cc(C(=O)N2CCC[C@H](Cn3cc(-c4ccccc4)nn3)C2)cc(=O)[nH]1. The third-order valence-electron chi connectivity index (χ3n) is 5.09. The smallest absolute Gasteiger partial charge is 0.254 e. The molecule has 144 valence electrons.